The van der Waals surface area contributed by atoms with Gasteiger partial charge >= 0.3 is 5.97 Å². The zero-order chi connectivity index (χ0) is 21.1. The zero-order valence-corrected chi connectivity index (χ0v) is 16.3. The maximum atomic E-state index is 12.5. The van der Waals surface area contributed by atoms with Crippen LogP contribution in [0.3, 0.4) is 0 Å². The SMILES string of the molecule is O=C(O)c1cccc(-c2cc(Cl)ccc2OCCn2cnc3nnccc3c2=O)c1. The van der Waals surface area contributed by atoms with Gasteiger partial charge in [-0.3, -0.25) is 9.36 Å². The number of carbonyl (C=O) groups is 1. The second kappa shape index (κ2) is 8.30. The fourth-order valence-electron chi connectivity index (χ4n) is 3.00. The van der Waals surface area contributed by atoms with Gasteiger partial charge in [0.05, 0.1) is 23.7 Å². The van der Waals surface area contributed by atoms with Crippen LogP contribution >= 0.6 is 11.6 Å². The van der Waals surface area contributed by atoms with Gasteiger partial charge in [-0.1, -0.05) is 23.7 Å². The smallest absolute Gasteiger partial charge is 0.335 e. The second-order valence-electron chi connectivity index (χ2n) is 6.39. The number of aromatic nitrogens is 4. The molecule has 0 saturated heterocycles. The largest absolute Gasteiger partial charge is 0.491 e. The summed E-state index contributed by atoms with van der Waals surface area (Å²) in [5.74, 6) is -0.496. The molecule has 0 bridgehead atoms. The highest BCUT2D eigenvalue weighted by Gasteiger charge is 2.11. The number of rotatable bonds is 6. The Bertz CT molecular complexity index is 1310. The summed E-state index contributed by atoms with van der Waals surface area (Å²) in [6, 6.07) is 13.2. The van der Waals surface area contributed by atoms with E-state index in [9.17, 15) is 14.7 Å². The molecule has 2 heterocycles. The molecule has 0 unspecified atom stereocenters. The van der Waals surface area contributed by atoms with Crippen LogP contribution in [0.5, 0.6) is 5.75 Å². The van der Waals surface area contributed by atoms with Gasteiger partial charge < -0.3 is 9.84 Å². The van der Waals surface area contributed by atoms with Crippen LogP contribution in [0.25, 0.3) is 22.2 Å². The Morgan fingerprint density at radius 2 is 2.03 bits per heavy atom. The summed E-state index contributed by atoms with van der Waals surface area (Å²) >= 11 is 6.14. The minimum absolute atomic E-state index is 0.162. The molecule has 0 aliphatic rings. The maximum absolute atomic E-state index is 12.5. The van der Waals surface area contributed by atoms with Gasteiger partial charge in [0.25, 0.3) is 5.56 Å². The molecule has 0 atom stereocenters. The van der Waals surface area contributed by atoms with Crippen molar-refractivity contribution in [3.8, 4) is 16.9 Å². The van der Waals surface area contributed by atoms with Crippen molar-refractivity contribution in [3.63, 3.8) is 0 Å². The maximum Gasteiger partial charge on any atom is 0.335 e. The van der Waals surface area contributed by atoms with E-state index in [1.54, 1.807) is 42.5 Å². The lowest BCUT2D eigenvalue weighted by Crippen LogP contribution is -2.24. The molecule has 0 fully saturated rings. The lowest BCUT2D eigenvalue weighted by molar-refractivity contribution is 0.0697. The van der Waals surface area contributed by atoms with E-state index in [4.69, 9.17) is 16.3 Å². The standard InChI is InChI=1S/C21H15ClN4O4/c22-15-4-5-18(17(11-15)13-2-1-3-14(10-13)21(28)29)30-9-8-26-12-23-19-16(20(26)27)6-7-24-25-19/h1-7,10-12H,8-9H2,(H,28,29). The number of nitrogens with zero attached hydrogens (tertiary/aromatic N) is 4. The van der Waals surface area contributed by atoms with E-state index in [0.717, 1.165) is 0 Å². The molecule has 0 aliphatic carbocycles. The lowest BCUT2D eigenvalue weighted by atomic mass is 10.0. The first kappa shape index (κ1) is 19.5. The Labute approximate surface area is 175 Å². The number of aromatic carboxylic acids is 1. The van der Waals surface area contributed by atoms with Crippen molar-refractivity contribution in [2.75, 3.05) is 6.61 Å². The van der Waals surface area contributed by atoms with Crippen LogP contribution in [0.1, 0.15) is 10.4 Å². The van der Waals surface area contributed by atoms with Crippen LogP contribution in [0, 0.1) is 0 Å². The van der Waals surface area contributed by atoms with Crippen molar-refractivity contribution in [2.45, 2.75) is 6.54 Å². The van der Waals surface area contributed by atoms with Gasteiger partial charge in [-0.05, 0) is 42.0 Å². The number of carboxylic acids is 1. The third-order valence-corrected chi connectivity index (χ3v) is 4.70. The Morgan fingerprint density at radius 3 is 2.87 bits per heavy atom. The molecule has 0 saturated carbocycles. The first-order chi connectivity index (χ1) is 14.5. The quantitative estimate of drug-likeness (QED) is 0.508. The Hall–Kier alpha value is -3.78. The number of halogens is 1. The van der Waals surface area contributed by atoms with Crippen molar-refractivity contribution < 1.29 is 14.6 Å². The van der Waals surface area contributed by atoms with E-state index in [1.807, 2.05) is 0 Å². The van der Waals surface area contributed by atoms with Crippen molar-refractivity contribution in [1.29, 1.82) is 0 Å². The topological polar surface area (TPSA) is 107 Å². The first-order valence-corrected chi connectivity index (χ1v) is 9.33. The van der Waals surface area contributed by atoms with Crippen molar-refractivity contribution in [3.05, 3.63) is 82.0 Å². The summed E-state index contributed by atoms with van der Waals surface area (Å²) in [4.78, 5) is 27.9. The highest BCUT2D eigenvalue weighted by atomic mass is 35.5. The predicted octanol–water partition coefficient (Wildman–Crippen LogP) is 3.28. The van der Waals surface area contributed by atoms with Crippen LogP contribution in [-0.4, -0.2) is 37.4 Å². The lowest BCUT2D eigenvalue weighted by Gasteiger charge is -2.13. The average molecular weight is 423 g/mol. The molecule has 8 nitrogen and oxygen atoms in total. The van der Waals surface area contributed by atoms with Gasteiger partial charge in [-0.25, -0.2) is 9.78 Å². The number of hydrogen-bond donors (Lipinski definition) is 1. The van der Waals surface area contributed by atoms with Gasteiger partial charge in [-0.15, -0.1) is 5.10 Å². The van der Waals surface area contributed by atoms with Crippen molar-refractivity contribution >= 4 is 28.6 Å². The number of benzene rings is 2. The fraction of sp³-hybridized carbons (Fsp3) is 0.0952. The van der Waals surface area contributed by atoms with Crippen molar-refractivity contribution in [2.24, 2.45) is 0 Å². The third-order valence-electron chi connectivity index (χ3n) is 4.46. The average Bonchev–Trinajstić information content (AvgIpc) is 2.76. The molecule has 4 rings (SSSR count). The van der Waals surface area contributed by atoms with Gasteiger partial charge in [0.15, 0.2) is 5.65 Å². The number of fused-ring (bicyclic) bond motifs is 1. The van der Waals surface area contributed by atoms with Crippen molar-refractivity contribution in [1.82, 2.24) is 19.7 Å². The highest BCUT2D eigenvalue weighted by Crippen LogP contribution is 2.33. The molecular formula is C21H15ClN4O4. The summed E-state index contributed by atoms with van der Waals surface area (Å²) in [5.41, 5.74) is 1.54. The van der Waals surface area contributed by atoms with Gasteiger partial charge in [0, 0.05) is 10.6 Å². The van der Waals surface area contributed by atoms with Crippen LogP contribution in [-0.2, 0) is 6.54 Å². The molecule has 9 heteroatoms. The minimum atomic E-state index is -1.02. The van der Waals surface area contributed by atoms with E-state index in [1.165, 1.54) is 23.2 Å². The van der Waals surface area contributed by atoms with Gasteiger partial charge in [0.2, 0.25) is 0 Å². The van der Waals surface area contributed by atoms with E-state index >= 15 is 0 Å². The first-order valence-electron chi connectivity index (χ1n) is 8.96. The molecule has 1 N–H and O–H groups in total. The normalized spacial score (nSPS) is 10.8. The third kappa shape index (κ3) is 3.99. The minimum Gasteiger partial charge on any atom is -0.491 e. The molecule has 2 aromatic heterocycles. The summed E-state index contributed by atoms with van der Waals surface area (Å²) in [5, 5.41) is 17.7. The summed E-state index contributed by atoms with van der Waals surface area (Å²) in [6.07, 6.45) is 2.85. The molecule has 2 aromatic carbocycles. The molecule has 0 amide bonds. The number of carboxylic acid groups (broad SMARTS) is 1. The summed E-state index contributed by atoms with van der Waals surface area (Å²) < 4.78 is 7.33. The molecule has 30 heavy (non-hydrogen) atoms. The van der Waals surface area contributed by atoms with Crippen LogP contribution < -0.4 is 10.3 Å². The molecular weight excluding hydrogens is 408 g/mol. The second-order valence-corrected chi connectivity index (χ2v) is 6.82. The van der Waals surface area contributed by atoms with E-state index in [-0.39, 0.29) is 29.9 Å². The Balaban J connectivity index is 1.58. The fourth-order valence-corrected chi connectivity index (χ4v) is 3.18. The van der Waals surface area contributed by atoms with Crippen LogP contribution in [0.15, 0.2) is 65.8 Å². The number of hydrogen-bond acceptors (Lipinski definition) is 6. The van der Waals surface area contributed by atoms with E-state index in [0.29, 0.717) is 27.3 Å². The zero-order valence-electron chi connectivity index (χ0n) is 15.5. The van der Waals surface area contributed by atoms with Gasteiger partial charge in [0.1, 0.15) is 18.7 Å². The van der Waals surface area contributed by atoms with Gasteiger partial charge in [-0.2, -0.15) is 5.10 Å². The van der Waals surface area contributed by atoms with E-state index < -0.39 is 5.97 Å². The molecule has 150 valence electrons. The highest BCUT2D eigenvalue weighted by molar-refractivity contribution is 6.31. The molecule has 4 aromatic rings. The molecule has 0 spiro atoms. The van der Waals surface area contributed by atoms with Crippen LogP contribution in [0.2, 0.25) is 5.02 Å². The molecule has 0 radical (unpaired) electrons. The molecule has 0 aliphatic heterocycles. The number of ether oxygens (including phenoxy) is 1. The Morgan fingerprint density at radius 1 is 1.17 bits per heavy atom. The monoisotopic (exact) mass is 422 g/mol. The summed E-state index contributed by atoms with van der Waals surface area (Å²) in [7, 11) is 0. The predicted molar refractivity (Wildman–Crippen MR) is 111 cm³/mol. The Kier molecular flexibility index (Phi) is 5.40. The van der Waals surface area contributed by atoms with E-state index in [2.05, 4.69) is 15.2 Å². The van der Waals surface area contributed by atoms with Crippen LogP contribution in [0.4, 0.5) is 0 Å². The summed E-state index contributed by atoms with van der Waals surface area (Å²) in [6.45, 7) is 0.459.